The quantitative estimate of drug-likeness (QED) is 0.0207. The van der Waals surface area contributed by atoms with Crippen LogP contribution in [0, 0.1) is 0 Å². The monoisotopic (exact) mass is 718 g/mol. The van der Waals surface area contributed by atoms with Gasteiger partial charge in [0.15, 0.2) is 6.10 Å². The van der Waals surface area contributed by atoms with Gasteiger partial charge < -0.3 is 27.9 Å². The van der Waals surface area contributed by atoms with Crippen LogP contribution in [0.2, 0.25) is 0 Å². The summed E-state index contributed by atoms with van der Waals surface area (Å²) in [5.74, 6) is -0.844. The first-order valence-electron chi connectivity index (χ1n) is 19.9. The number of phosphoric ester groups is 1. The van der Waals surface area contributed by atoms with Gasteiger partial charge in [-0.1, -0.05) is 135 Å². The SMILES string of the molecule is CCCCCCCC/C=C\CCCCCCC(=O)OCC(COP(=O)([O-])OCC[N+](C)(C)C)OC(=O)CCCCCCCCCCCCC. The lowest BCUT2D eigenvalue weighted by Gasteiger charge is -2.28. The van der Waals surface area contributed by atoms with Gasteiger partial charge in [0, 0.05) is 12.8 Å². The van der Waals surface area contributed by atoms with Crippen LogP contribution in [0.3, 0.4) is 0 Å². The number of hydrogen-bond donors (Lipinski definition) is 0. The molecule has 0 radical (unpaired) electrons. The van der Waals surface area contributed by atoms with Crippen molar-refractivity contribution in [1.29, 1.82) is 0 Å². The summed E-state index contributed by atoms with van der Waals surface area (Å²) in [5.41, 5.74) is 0. The number of likely N-dealkylation sites (N-methyl/N-ethyl adjacent to an activating group) is 1. The van der Waals surface area contributed by atoms with E-state index in [0.29, 0.717) is 17.4 Å². The second-order valence-corrected chi connectivity index (χ2v) is 16.1. The normalized spacial score (nSPS) is 13.8. The number of hydrogen-bond acceptors (Lipinski definition) is 8. The van der Waals surface area contributed by atoms with Gasteiger partial charge in [-0.2, -0.15) is 0 Å². The van der Waals surface area contributed by atoms with Crippen LogP contribution in [0.15, 0.2) is 12.2 Å². The maximum absolute atomic E-state index is 12.6. The van der Waals surface area contributed by atoms with E-state index >= 15 is 0 Å². The Morgan fingerprint density at radius 1 is 0.612 bits per heavy atom. The zero-order valence-corrected chi connectivity index (χ0v) is 33.3. The number of allylic oxidation sites excluding steroid dienone is 2. The molecular formula is C39H76NO8P. The van der Waals surface area contributed by atoms with Crippen molar-refractivity contribution in [2.45, 2.75) is 180 Å². The number of phosphoric acid groups is 1. The van der Waals surface area contributed by atoms with E-state index in [2.05, 4.69) is 26.0 Å². The van der Waals surface area contributed by atoms with Crippen LogP contribution in [0.4, 0.5) is 0 Å². The second kappa shape index (κ2) is 32.6. The number of ether oxygens (including phenoxy) is 2. The van der Waals surface area contributed by atoms with Crippen molar-refractivity contribution in [3.63, 3.8) is 0 Å². The lowest BCUT2D eigenvalue weighted by atomic mass is 10.1. The minimum Gasteiger partial charge on any atom is -0.756 e. The molecular weight excluding hydrogens is 641 g/mol. The van der Waals surface area contributed by atoms with Gasteiger partial charge in [0.05, 0.1) is 27.7 Å². The number of unbranched alkanes of at least 4 members (excludes halogenated alkanes) is 20. The largest absolute Gasteiger partial charge is 0.756 e. The molecule has 0 aliphatic carbocycles. The molecule has 0 aromatic rings. The lowest BCUT2D eigenvalue weighted by Crippen LogP contribution is -2.37. The second-order valence-electron chi connectivity index (χ2n) is 14.7. The van der Waals surface area contributed by atoms with Crippen LogP contribution in [0.5, 0.6) is 0 Å². The first-order valence-corrected chi connectivity index (χ1v) is 21.4. The smallest absolute Gasteiger partial charge is 0.306 e. The van der Waals surface area contributed by atoms with Gasteiger partial charge in [-0.05, 0) is 38.5 Å². The summed E-state index contributed by atoms with van der Waals surface area (Å²) in [7, 11) is 1.17. The van der Waals surface area contributed by atoms with Crippen molar-refractivity contribution in [2.24, 2.45) is 0 Å². The lowest BCUT2D eigenvalue weighted by molar-refractivity contribution is -0.870. The summed E-state index contributed by atoms with van der Waals surface area (Å²) < 4.78 is 33.7. The number of carbonyl (C=O) groups is 2. The van der Waals surface area contributed by atoms with Crippen molar-refractivity contribution in [3.05, 3.63) is 12.2 Å². The highest BCUT2D eigenvalue weighted by Gasteiger charge is 2.21. The molecule has 9 nitrogen and oxygen atoms in total. The van der Waals surface area contributed by atoms with Crippen molar-refractivity contribution >= 4 is 19.8 Å². The van der Waals surface area contributed by atoms with Crippen LogP contribution in [-0.2, 0) is 32.7 Å². The molecule has 0 aliphatic heterocycles. The van der Waals surface area contributed by atoms with Crippen LogP contribution in [0.25, 0.3) is 0 Å². The number of esters is 2. The molecule has 0 fully saturated rings. The molecule has 2 unspecified atom stereocenters. The predicted octanol–water partition coefficient (Wildman–Crippen LogP) is 10.00. The third-order valence-electron chi connectivity index (χ3n) is 8.54. The highest BCUT2D eigenvalue weighted by Crippen LogP contribution is 2.38. The molecule has 0 saturated carbocycles. The Balaban J connectivity index is 4.41. The molecule has 0 aliphatic rings. The Hall–Kier alpha value is -1.25. The van der Waals surface area contributed by atoms with E-state index in [1.807, 2.05) is 21.1 Å². The van der Waals surface area contributed by atoms with E-state index in [9.17, 15) is 19.0 Å². The molecule has 290 valence electrons. The van der Waals surface area contributed by atoms with Crippen LogP contribution in [0.1, 0.15) is 174 Å². The Kier molecular flexibility index (Phi) is 31.8. The number of rotatable bonds is 36. The molecule has 0 N–H and O–H groups in total. The molecule has 10 heteroatoms. The zero-order valence-electron chi connectivity index (χ0n) is 32.4. The van der Waals surface area contributed by atoms with E-state index in [0.717, 1.165) is 51.4 Å². The van der Waals surface area contributed by atoms with Crippen molar-refractivity contribution in [3.8, 4) is 0 Å². The summed E-state index contributed by atoms with van der Waals surface area (Å²) in [4.78, 5) is 37.3. The van der Waals surface area contributed by atoms with E-state index < -0.39 is 32.5 Å². The van der Waals surface area contributed by atoms with Crippen molar-refractivity contribution < 1.29 is 42.1 Å². The molecule has 0 saturated heterocycles. The summed E-state index contributed by atoms with van der Waals surface area (Å²) in [6, 6.07) is 0. The maximum Gasteiger partial charge on any atom is 0.306 e. The fourth-order valence-electron chi connectivity index (χ4n) is 5.35. The molecule has 0 rings (SSSR count). The Labute approximate surface area is 301 Å². The third-order valence-corrected chi connectivity index (χ3v) is 9.50. The van der Waals surface area contributed by atoms with E-state index in [4.69, 9.17) is 18.5 Å². The first kappa shape index (κ1) is 47.8. The fraction of sp³-hybridized carbons (Fsp3) is 0.897. The topological polar surface area (TPSA) is 111 Å². The summed E-state index contributed by atoms with van der Waals surface area (Å²) in [6.07, 6.45) is 30.9. The summed E-state index contributed by atoms with van der Waals surface area (Å²) >= 11 is 0. The van der Waals surface area contributed by atoms with Gasteiger partial charge in [0.25, 0.3) is 7.82 Å². The number of quaternary nitrogens is 1. The van der Waals surface area contributed by atoms with Gasteiger partial charge in [-0.3, -0.25) is 14.2 Å². The molecule has 49 heavy (non-hydrogen) atoms. The number of carbonyl (C=O) groups excluding carboxylic acids is 2. The van der Waals surface area contributed by atoms with Crippen molar-refractivity contribution in [2.75, 3.05) is 47.5 Å². The third kappa shape index (κ3) is 36.3. The summed E-state index contributed by atoms with van der Waals surface area (Å²) in [5, 5.41) is 0. The van der Waals surface area contributed by atoms with Crippen LogP contribution < -0.4 is 4.89 Å². The predicted molar refractivity (Wildman–Crippen MR) is 199 cm³/mol. The van der Waals surface area contributed by atoms with Crippen LogP contribution >= 0.6 is 7.82 Å². The minimum atomic E-state index is -4.61. The van der Waals surface area contributed by atoms with E-state index in [-0.39, 0.29) is 26.1 Å². The molecule has 0 amide bonds. The minimum absolute atomic E-state index is 0.0297. The Morgan fingerprint density at radius 2 is 1.04 bits per heavy atom. The molecule has 0 aromatic carbocycles. The molecule has 0 bridgehead atoms. The number of nitrogens with zero attached hydrogens (tertiary/aromatic N) is 1. The van der Waals surface area contributed by atoms with Gasteiger partial charge in [0.2, 0.25) is 0 Å². The van der Waals surface area contributed by atoms with Gasteiger partial charge in [-0.15, -0.1) is 0 Å². The van der Waals surface area contributed by atoms with E-state index in [1.54, 1.807) is 0 Å². The first-order chi connectivity index (χ1) is 23.5. The molecule has 0 heterocycles. The fourth-order valence-corrected chi connectivity index (χ4v) is 6.08. The average molecular weight is 718 g/mol. The van der Waals surface area contributed by atoms with Crippen molar-refractivity contribution in [1.82, 2.24) is 0 Å². The van der Waals surface area contributed by atoms with Gasteiger partial charge in [-0.25, -0.2) is 0 Å². The standard InChI is InChI=1S/C39H76NO8P/c1-6-8-10-12-14-16-18-19-20-22-23-25-27-29-31-38(41)45-35-37(36-47-49(43,44)46-34-33-40(3,4)5)48-39(42)32-30-28-26-24-21-17-15-13-11-9-7-2/h19-20,37H,6-18,21-36H2,1-5H3/b20-19-. The van der Waals surface area contributed by atoms with Gasteiger partial charge >= 0.3 is 11.9 Å². The molecule has 0 aromatic heterocycles. The summed E-state index contributed by atoms with van der Waals surface area (Å²) in [6.45, 7) is 4.19. The van der Waals surface area contributed by atoms with Crippen LogP contribution in [-0.4, -0.2) is 70.0 Å². The Bertz CT molecular complexity index is 860. The van der Waals surface area contributed by atoms with E-state index in [1.165, 1.54) is 89.9 Å². The molecule has 2 atom stereocenters. The highest BCUT2D eigenvalue weighted by molar-refractivity contribution is 7.45. The highest BCUT2D eigenvalue weighted by atomic mass is 31.2. The maximum atomic E-state index is 12.6. The average Bonchev–Trinajstić information content (AvgIpc) is 3.04. The Morgan fingerprint density at radius 3 is 1.51 bits per heavy atom. The molecule has 0 spiro atoms. The zero-order chi connectivity index (χ0) is 36.5. The van der Waals surface area contributed by atoms with Gasteiger partial charge in [0.1, 0.15) is 19.8 Å².